The number of carbonyl (C=O) groups is 1. The first-order valence-corrected chi connectivity index (χ1v) is 4.96. The van der Waals surface area contributed by atoms with Gasteiger partial charge in [0.2, 0.25) is 5.91 Å². The Morgan fingerprint density at radius 2 is 2.31 bits per heavy atom. The summed E-state index contributed by atoms with van der Waals surface area (Å²) in [4.78, 5) is 11.3. The zero-order valence-corrected chi connectivity index (χ0v) is 9.38. The van der Waals surface area contributed by atoms with E-state index in [4.69, 9.17) is 22.4 Å². The number of nitrogens with two attached hydrogens (primary N) is 1. The molecule has 16 heavy (non-hydrogen) atoms. The Balaban J connectivity index is 2.90. The Hall–Kier alpha value is -1.17. The molecular weight excluding hydrogens is 235 g/mol. The molecule has 0 radical (unpaired) electrons. The third kappa shape index (κ3) is 2.91. The molecule has 88 valence electrons. The Morgan fingerprint density at radius 3 is 2.88 bits per heavy atom. The number of aliphatic hydroxyl groups is 1. The van der Waals surface area contributed by atoms with E-state index in [1.165, 1.54) is 6.07 Å². The van der Waals surface area contributed by atoms with Crippen molar-refractivity contribution in [3.63, 3.8) is 0 Å². The lowest BCUT2D eigenvalue weighted by atomic mass is 10.2. The van der Waals surface area contributed by atoms with Crippen molar-refractivity contribution in [3.8, 4) is 0 Å². The smallest absolute Gasteiger partial charge is 0.243 e. The fourth-order valence-corrected chi connectivity index (χ4v) is 1.32. The van der Waals surface area contributed by atoms with Crippen LogP contribution in [-0.4, -0.2) is 23.7 Å². The van der Waals surface area contributed by atoms with Crippen LogP contribution >= 0.6 is 11.6 Å². The van der Waals surface area contributed by atoms with Gasteiger partial charge in [-0.3, -0.25) is 4.79 Å². The normalized spacial score (nSPS) is 12.3. The molecule has 0 saturated heterocycles. The predicted octanol–water partition coefficient (Wildman–Crippen LogP) is 1.05. The molecule has 4 nitrogen and oxygen atoms in total. The molecular formula is C10H12ClFN2O2. The number of amides is 1. The average Bonchev–Trinajstić information content (AvgIpc) is 2.24. The predicted molar refractivity (Wildman–Crippen MR) is 59.8 cm³/mol. The molecule has 0 spiro atoms. The van der Waals surface area contributed by atoms with Crippen LogP contribution in [-0.2, 0) is 4.79 Å². The van der Waals surface area contributed by atoms with Crippen molar-refractivity contribution >= 4 is 23.2 Å². The summed E-state index contributed by atoms with van der Waals surface area (Å²) in [5, 5.41) is 11.2. The molecule has 1 aromatic rings. The highest BCUT2D eigenvalue weighted by Crippen LogP contribution is 2.25. The van der Waals surface area contributed by atoms with E-state index in [-0.39, 0.29) is 10.7 Å². The minimum Gasteiger partial charge on any atom is -0.394 e. The van der Waals surface area contributed by atoms with Crippen LogP contribution in [0, 0.1) is 12.7 Å². The number of halogens is 2. The van der Waals surface area contributed by atoms with Crippen molar-refractivity contribution in [2.24, 2.45) is 5.73 Å². The number of aliphatic hydroxyl groups excluding tert-OH is 1. The Bertz CT molecular complexity index is 412. The van der Waals surface area contributed by atoms with Gasteiger partial charge in [-0.15, -0.1) is 0 Å². The molecule has 1 unspecified atom stereocenters. The summed E-state index contributed by atoms with van der Waals surface area (Å²) in [6.07, 6.45) is 0. The van der Waals surface area contributed by atoms with E-state index in [1.807, 2.05) is 0 Å². The van der Waals surface area contributed by atoms with Gasteiger partial charge in [0.15, 0.2) is 0 Å². The SMILES string of the molecule is Cc1cc(Cl)c(NC(=O)C(N)CO)cc1F. The van der Waals surface area contributed by atoms with Gasteiger partial charge in [0.05, 0.1) is 17.3 Å². The number of hydrogen-bond donors (Lipinski definition) is 3. The second kappa shape index (κ2) is 5.25. The summed E-state index contributed by atoms with van der Waals surface area (Å²) >= 11 is 5.81. The summed E-state index contributed by atoms with van der Waals surface area (Å²) in [5.41, 5.74) is 5.80. The monoisotopic (exact) mass is 246 g/mol. The van der Waals surface area contributed by atoms with Crippen molar-refractivity contribution in [1.82, 2.24) is 0 Å². The molecule has 1 aromatic carbocycles. The number of nitrogens with one attached hydrogen (secondary N) is 1. The van der Waals surface area contributed by atoms with Crippen LogP contribution in [0.15, 0.2) is 12.1 Å². The van der Waals surface area contributed by atoms with Crippen molar-refractivity contribution < 1.29 is 14.3 Å². The molecule has 0 aliphatic heterocycles. The molecule has 0 bridgehead atoms. The Labute approximate surface area is 97.2 Å². The molecule has 1 atom stereocenters. The highest BCUT2D eigenvalue weighted by atomic mass is 35.5. The summed E-state index contributed by atoms with van der Waals surface area (Å²) in [7, 11) is 0. The zero-order valence-electron chi connectivity index (χ0n) is 8.63. The molecule has 0 aromatic heterocycles. The van der Waals surface area contributed by atoms with Crippen molar-refractivity contribution in [2.75, 3.05) is 11.9 Å². The number of hydrogen-bond acceptors (Lipinski definition) is 3. The molecule has 4 N–H and O–H groups in total. The van der Waals surface area contributed by atoms with Crippen LogP contribution in [0.3, 0.4) is 0 Å². The van der Waals surface area contributed by atoms with Gasteiger partial charge in [0, 0.05) is 0 Å². The molecule has 0 aliphatic rings. The molecule has 1 rings (SSSR count). The van der Waals surface area contributed by atoms with E-state index in [9.17, 15) is 9.18 Å². The zero-order chi connectivity index (χ0) is 12.3. The third-order valence-corrected chi connectivity index (χ3v) is 2.35. The lowest BCUT2D eigenvalue weighted by Crippen LogP contribution is -2.38. The third-order valence-electron chi connectivity index (χ3n) is 2.04. The summed E-state index contributed by atoms with van der Waals surface area (Å²) in [6.45, 7) is 1.07. The van der Waals surface area contributed by atoms with E-state index in [1.54, 1.807) is 6.92 Å². The number of aryl methyl sites for hydroxylation is 1. The van der Waals surface area contributed by atoms with Gasteiger partial charge in [-0.05, 0) is 24.6 Å². The maximum atomic E-state index is 13.2. The molecule has 0 saturated carbocycles. The van der Waals surface area contributed by atoms with Gasteiger partial charge in [0.25, 0.3) is 0 Å². The van der Waals surface area contributed by atoms with E-state index in [0.717, 1.165) is 6.07 Å². The van der Waals surface area contributed by atoms with Gasteiger partial charge in [-0.2, -0.15) is 0 Å². The number of benzene rings is 1. The summed E-state index contributed by atoms with van der Waals surface area (Å²) in [5.74, 6) is -1.09. The lowest BCUT2D eigenvalue weighted by Gasteiger charge is -2.11. The highest BCUT2D eigenvalue weighted by Gasteiger charge is 2.14. The molecule has 1 amide bonds. The molecule has 0 fully saturated rings. The minimum absolute atomic E-state index is 0.138. The second-order valence-electron chi connectivity index (χ2n) is 3.36. The Kier molecular flexibility index (Phi) is 4.23. The minimum atomic E-state index is -1.06. The summed E-state index contributed by atoms with van der Waals surface area (Å²) < 4.78 is 13.2. The van der Waals surface area contributed by atoms with E-state index in [2.05, 4.69) is 5.32 Å². The highest BCUT2D eigenvalue weighted by molar-refractivity contribution is 6.33. The second-order valence-corrected chi connectivity index (χ2v) is 3.77. The fraction of sp³-hybridized carbons (Fsp3) is 0.300. The first-order valence-electron chi connectivity index (χ1n) is 4.58. The van der Waals surface area contributed by atoms with Crippen LogP contribution in [0.1, 0.15) is 5.56 Å². The molecule has 6 heteroatoms. The molecule has 0 heterocycles. The van der Waals surface area contributed by atoms with Crippen molar-refractivity contribution in [1.29, 1.82) is 0 Å². The van der Waals surface area contributed by atoms with Crippen LogP contribution in [0.2, 0.25) is 5.02 Å². The van der Waals surface area contributed by atoms with E-state index >= 15 is 0 Å². The van der Waals surface area contributed by atoms with Crippen LogP contribution < -0.4 is 11.1 Å². The molecule has 0 aliphatic carbocycles. The average molecular weight is 247 g/mol. The van der Waals surface area contributed by atoms with Gasteiger partial charge in [-0.25, -0.2) is 4.39 Å². The lowest BCUT2D eigenvalue weighted by molar-refractivity contribution is -0.118. The largest absolute Gasteiger partial charge is 0.394 e. The van der Waals surface area contributed by atoms with Crippen molar-refractivity contribution in [2.45, 2.75) is 13.0 Å². The number of rotatable bonds is 3. The van der Waals surface area contributed by atoms with Gasteiger partial charge in [-0.1, -0.05) is 11.6 Å². The van der Waals surface area contributed by atoms with Crippen molar-refractivity contribution in [3.05, 3.63) is 28.5 Å². The Morgan fingerprint density at radius 1 is 1.69 bits per heavy atom. The van der Waals surface area contributed by atoms with Gasteiger partial charge in [0.1, 0.15) is 11.9 Å². The fourth-order valence-electron chi connectivity index (χ4n) is 1.05. The van der Waals surface area contributed by atoms with Gasteiger partial charge >= 0.3 is 0 Å². The van der Waals surface area contributed by atoms with Gasteiger partial charge < -0.3 is 16.2 Å². The van der Waals surface area contributed by atoms with E-state index < -0.39 is 24.4 Å². The van der Waals surface area contributed by atoms with E-state index in [0.29, 0.717) is 5.56 Å². The first-order chi connectivity index (χ1) is 7.45. The van der Waals surface area contributed by atoms with Crippen LogP contribution in [0.25, 0.3) is 0 Å². The first kappa shape index (κ1) is 12.9. The topological polar surface area (TPSA) is 75.4 Å². The quantitative estimate of drug-likeness (QED) is 0.746. The maximum Gasteiger partial charge on any atom is 0.243 e. The summed E-state index contributed by atoms with van der Waals surface area (Å²) in [6, 6.07) is 1.46. The number of carbonyl (C=O) groups excluding carboxylic acids is 1. The van der Waals surface area contributed by atoms with Crippen LogP contribution in [0.4, 0.5) is 10.1 Å². The maximum absolute atomic E-state index is 13.2. The van der Waals surface area contributed by atoms with Crippen LogP contribution in [0.5, 0.6) is 0 Å². The standard InChI is InChI=1S/C10H12ClFN2O2/c1-5-2-6(11)9(3-7(5)12)14-10(16)8(13)4-15/h2-3,8,15H,4,13H2,1H3,(H,14,16). The number of anilines is 1.